The van der Waals surface area contributed by atoms with Crippen molar-refractivity contribution < 1.29 is 41.7 Å². The quantitative estimate of drug-likeness (QED) is 0.776. The van der Waals surface area contributed by atoms with Gasteiger partial charge in [0.1, 0.15) is 18.1 Å². The van der Waals surface area contributed by atoms with Crippen LogP contribution in [0.15, 0.2) is 47.0 Å². The standard InChI is InChI=1S/C18H16F3NO6/c1-3-25-17(24)27-15-9(2)22-11-8-26-16(23)14(11)13(15)10-6-4-5-7-12(10)28-18(19,20)21/h4-7,13,22H,3,8H2,1-2H3. The van der Waals surface area contributed by atoms with Crippen LogP contribution in [-0.2, 0) is 19.0 Å². The molecular formula is C18H16F3NO6. The lowest BCUT2D eigenvalue weighted by Crippen LogP contribution is -2.29. The molecule has 2 aliphatic rings. The van der Waals surface area contributed by atoms with E-state index in [1.54, 1.807) is 13.8 Å². The lowest BCUT2D eigenvalue weighted by molar-refractivity contribution is -0.274. The molecule has 10 heteroatoms. The van der Waals surface area contributed by atoms with Gasteiger partial charge in [-0.2, -0.15) is 0 Å². The van der Waals surface area contributed by atoms with Crippen molar-refractivity contribution in [1.29, 1.82) is 0 Å². The molecule has 0 aliphatic carbocycles. The maximum absolute atomic E-state index is 12.9. The summed E-state index contributed by atoms with van der Waals surface area (Å²) in [6, 6.07) is 5.31. The first kappa shape index (κ1) is 19.6. The molecule has 1 N–H and O–H groups in total. The Balaban J connectivity index is 2.11. The maximum Gasteiger partial charge on any atom is 0.573 e. The van der Waals surface area contributed by atoms with Crippen LogP contribution in [0, 0.1) is 0 Å². The van der Waals surface area contributed by atoms with Gasteiger partial charge in [0, 0.05) is 5.56 Å². The van der Waals surface area contributed by atoms with Crippen LogP contribution < -0.4 is 10.1 Å². The van der Waals surface area contributed by atoms with Gasteiger partial charge in [-0.1, -0.05) is 18.2 Å². The zero-order chi connectivity index (χ0) is 20.5. The van der Waals surface area contributed by atoms with Gasteiger partial charge in [0.05, 0.1) is 29.5 Å². The average Bonchev–Trinajstić information content (AvgIpc) is 2.96. The van der Waals surface area contributed by atoms with Crippen molar-refractivity contribution in [2.45, 2.75) is 26.1 Å². The lowest BCUT2D eigenvalue weighted by atomic mass is 9.85. The second-order valence-electron chi connectivity index (χ2n) is 5.89. The molecule has 0 fully saturated rings. The molecular weight excluding hydrogens is 383 g/mol. The van der Waals surface area contributed by atoms with Crippen LogP contribution in [0.1, 0.15) is 25.3 Å². The number of hydrogen-bond acceptors (Lipinski definition) is 7. The zero-order valence-electron chi connectivity index (χ0n) is 14.9. The van der Waals surface area contributed by atoms with Gasteiger partial charge in [-0.25, -0.2) is 9.59 Å². The number of allylic oxidation sites excluding steroid dienone is 2. The molecule has 28 heavy (non-hydrogen) atoms. The first-order valence-electron chi connectivity index (χ1n) is 8.28. The molecule has 0 saturated carbocycles. The monoisotopic (exact) mass is 399 g/mol. The minimum atomic E-state index is -4.95. The number of dihydropyridines is 1. The van der Waals surface area contributed by atoms with Crippen molar-refractivity contribution in [3.05, 3.63) is 52.6 Å². The largest absolute Gasteiger partial charge is 0.573 e. The first-order valence-corrected chi connectivity index (χ1v) is 8.28. The van der Waals surface area contributed by atoms with Gasteiger partial charge in [0.25, 0.3) is 0 Å². The number of rotatable bonds is 4. The van der Waals surface area contributed by atoms with E-state index in [0.717, 1.165) is 6.07 Å². The molecule has 1 aromatic rings. The number of esters is 1. The summed E-state index contributed by atoms with van der Waals surface area (Å²) in [5.41, 5.74) is 0.747. The van der Waals surface area contributed by atoms with Crippen LogP contribution in [0.3, 0.4) is 0 Å². The van der Waals surface area contributed by atoms with E-state index in [4.69, 9.17) is 14.2 Å². The number of carbonyl (C=O) groups excluding carboxylic acids is 2. The number of hydrogen-bond donors (Lipinski definition) is 1. The Hall–Kier alpha value is -3.17. The summed E-state index contributed by atoms with van der Waals surface area (Å²) in [5.74, 6) is -2.47. The van der Waals surface area contributed by atoms with Crippen molar-refractivity contribution in [2.75, 3.05) is 13.2 Å². The molecule has 3 rings (SSSR count). The van der Waals surface area contributed by atoms with E-state index >= 15 is 0 Å². The van der Waals surface area contributed by atoms with Gasteiger partial charge in [-0.15, -0.1) is 13.2 Å². The molecule has 0 spiro atoms. The van der Waals surface area contributed by atoms with Crippen LogP contribution in [-0.4, -0.2) is 31.7 Å². The molecule has 0 aromatic heterocycles. The Bertz CT molecular complexity index is 874. The summed E-state index contributed by atoms with van der Waals surface area (Å²) in [5, 5.41) is 2.89. The van der Waals surface area contributed by atoms with Crippen molar-refractivity contribution in [3.8, 4) is 5.75 Å². The molecule has 0 amide bonds. The fourth-order valence-electron chi connectivity index (χ4n) is 3.05. The van der Waals surface area contributed by atoms with E-state index in [1.165, 1.54) is 18.2 Å². The Labute approximate surface area is 157 Å². The second-order valence-corrected chi connectivity index (χ2v) is 5.89. The minimum Gasteiger partial charge on any atom is -0.456 e. The van der Waals surface area contributed by atoms with Gasteiger partial charge in [-0.3, -0.25) is 0 Å². The Morgan fingerprint density at radius 1 is 1.32 bits per heavy atom. The van der Waals surface area contributed by atoms with Gasteiger partial charge in [0.15, 0.2) is 0 Å². The van der Waals surface area contributed by atoms with E-state index in [-0.39, 0.29) is 30.1 Å². The summed E-state index contributed by atoms with van der Waals surface area (Å²) in [4.78, 5) is 24.1. The second kappa shape index (κ2) is 7.45. The first-order chi connectivity index (χ1) is 13.2. The molecule has 2 heterocycles. The van der Waals surface area contributed by atoms with Crippen molar-refractivity contribution in [3.63, 3.8) is 0 Å². The topological polar surface area (TPSA) is 83.1 Å². The summed E-state index contributed by atoms with van der Waals surface area (Å²) < 4.78 is 57.7. The number of carbonyl (C=O) groups is 2. The highest BCUT2D eigenvalue weighted by Gasteiger charge is 2.43. The van der Waals surface area contributed by atoms with E-state index in [9.17, 15) is 22.8 Å². The Kier molecular flexibility index (Phi) is 5.21. The molecule has 1 atom stereocenters. The number of halogens is 3. The summed E-state index contributed by atoms with van der Waals surface area (Å²) >= 11 is 0. The highest BCUT2D eigenvalue weighted by atomic mass is 19.4. The molecule has 1 aromatic carbocycles. The summed E-state index contributed by atoms with van der Waals surface area (Å²) in [6.07, 6.45) is -5.99. The SMILES string of the molecule is CCOC(=O)OC1=C(C)NC2=C(C(=O)OC2)C1c1ccccc1OC(F)(F)F. The van der Waals surface area contributed by atoms with Crippen LogP contribution in [0.4, 0.5) is 18.0 Å². The third kappa shape index (κ3) is 3.90. The third-order valence-electron chi connectivity index (χ3n) is 4.06. The molecule has 0 saturated heterocycles. The summed E-state index contributed by atoms with van der Waals surface area (Å²) in [7, 11) is 0. The molecule has 2 aliphatic heterocycles. The number of cyclic esters (lactones) is 1. The van der Waals surface area contributed by atoms with Crippen molar-refractivity contribution in [1.82, 2.24) is 5.32 Å². The fraction of sp³-hybridized carbons (Fsp3) is 0.333. The van der Waals surface area contributed by atoms with Crippen LogP contribution in [0.5, 0.6) is 5.75 Å². The normalized spacial score (nSPS) is 19.0. The molecule has 1 unspecified atom stereocenters. The maximum atomic E-state index is 12.9. The van der Waals surface area contributed by atoms with Crippen LogP contribution in [0.25, 0.3) is 0 Å². The highest BCUT2D eigenvalue weighted by molar-refractivity contribution is 5.95. The van der Waals surface area contributed by atoms with E-state index < -0.39 is 30.2 Å². The predicted molar refractivity (Wildman–Crippen MR) is 87.8 cm³/mol. The van der Waals surface area contributed by atoms with E-state index in [1.807, 2.05) is 0 Å². The number of ether oxygens (including phenoxy) is 4. The molecule has 0 bridgehead atoms. The van der Waals surface area contributed by atoms with Crippen LogP contribution >= 0.6 is 0 Å². The van der Waals surface area contributed by atoms with Gasteiger partial charge >= 0.3 is 18.5 Å². The van der Waals surface area contributed by atoms with Gasteiger partial charge < -0.3 is 24.3 Å². The van der Waals surface area contributed by atoms with Crippen molar-refractivity contribution >= 4 is 12.1 Å². The third-order valence-corrected chi connectivity index (χ3v) is 4.06. The Morgan fingerprint density at radius 3 is 2.71 bits per heavy atom. The number of benzene rings is 1. The molecule has 7 nitrogen and oxygen atoms in total. The molecule has 150 valence electrons. The molecule has 0 radical (unpaired) electrons. The van der Waals surface area contributed by atoms with E-state index in [0.29, 0.717) is 11.4 Å². The fourth-order valence-corrected chi connectivity index (χ4v) is 3.05. The average molecular weight is 399 g/mol. The van der Waals surface area contributed by atoms with Crippen LogP contribution in [0.2, 0.25) is 0 Å². The van der Waals surface area contributed by atoms with Crippen molar-refractivity contribution in [2.24, 2.45) is 0 Å². The number of alkyl halides is 3. The number of nitrogens with one attached hydrogen (secondary N) is 1. The number of para-hydroxylation sites is 1. The van der Waals surface area contributed by atoms with Gasteiger partial charge in [-0.05, 0) is 19.9 Å². The van der Waals surface area contributed by atoms with Gasteiger partial charge in [0.2, 0.25) is 0 Å². The predicted octanol–water partition coefficient (Wildman–Crippen LogP) is 3.49. The smallest absolute Gasteiger partial charge is 0.456 e. The summed E-state index contributed by atoms with van der Waals surface area (Å²) in [6.45, 7) is 3.09. The minimum absolute atomic E-state index is 0.00803. The lowest BCUT2D eigenvalue weighted by Gasteiger charge is -2.28. The van der Waals surface area contributed by atoms with E-state index in [2.05, 4.69) is 10.1 Å². The highest BCUT2D eigenvalue weighted by Crippen LogP contribution is 2.45. The Morgan fingerprint density at radius 2 is 2.04 bits per heavy atom. The zero-order valence-corrected chi connectivity index (χ0v) is 14.9.